The van der Waals surface area contributed by atoms with Gasteiger partial charge in [-0.05, 0) is 19.1 Å². The van der Waals surface area contributed by atoms with Crippen molar-refractivity contribution in [3.8, 4) is 11.4 Å². The van der Waals surface area contributed by atoms with E-state index >= 15 is 0 Å². The number of para-hydroxylation sites is 1. The Kier molecular flexibility index (Phi) is 2.53. The summed E-state index contributed by atoms with van der Waals surface area (Å²) in [6.07, 6.45) is 1.82. The van der Waals surface area contributed by atoms with Crippen molar-refractivity contribution in [1.82, 2.24) is 25.1 Å². The highest BCUT2D eigenvalue weighted by Gasteiger charge is 2.22. The molecule has 1 unspecified atom stereocenters. The number of nitrogens with zero attached hydrogens (tertiary/aromatic N) is 4. The van der Waals surface area contributed by atoms with E-state index in [0.29, 0.717) is 0 Å². The van der Waals surface area contributed by atoms with Crippen LogP contribution in [0, 0.1) is 0 Å². The smallest absolute Gasteiger partial charge is 0.166 e. The molecule has 0 spiro atoms. The molecule has 1 aliphatic heterocycles. The van der Waals surface area contributed by atoms with E-state index in [2.05, 4.69) is 50.2 Å². The van der Waals surface area contributed by atoms with Crippen LogP contribution in [0.15, 0.2) is 36.5 Å². The summed E-state index contributed by atoms with van der Waals surface area (Å²) in [5.41, 5.74) is 2.03. The van der Waals surface area contributed by atoms with Crippen LogP contribution in [-0.2, 0) is 6.54 Å². The van der Waals surface area contributed by atoms with Gasteiger partial charge in [0, 0.05) is 30.2 Å². The molecule has 5 heteroatoms. The van der Waals surface area contributed by atoms with E-state index in [0.717, 1.165) is 41.2 Å². The maximum Gasteiger partial charge on any atom is 0.166 e. The first-order valence-electron chi connectivity index (χ1n) is 6.85. The Morgan fingerprint density at radius 2 is 2.10 bits per heavy atom. The molecule has 0 fully saturated rings. The molecule has 4 rings (SSSR count). The zero-order chi connectivity index (χ0) is 13.5. The predicted octanol–water partition coefficient (Wildman–Crippen LogP) is 2.16. The number of pyridine rings is 1. The molecule has 20 heavy (non-hydrogen) atoms. The highest BCUT2D eigenvalue weighted by Crippen LogP contribution is 2.28. The van der Waals surface area contributed by atoms with E-state index in [-0.39, 0.29) is 6.04 Å². The summed E-state index contributed by atoms with van der Waals surface area (Å²) >= 11 is 0. The van der Waals surface area contributed by atoms with Crippen molar-refractivity contribution in [2.24, 2.45) is 0 Å². The highest BCUT2D eigenvalue weighted by atomic mass is 15.3. The topological polar surface area (TPSA) is 55.6 Å². The quantitative estimate of drug-likeness (QED) is 0.732. The average molecular weight is 265 g/mol. The van der Waals surface area contributed by atoms with Crippen LogP contribution in [0.4, 0.5) is 0 Å². The second-order valence-corrected chi connectivity index (χ2v) is 5.09. The number of rotatable bonds is 1. The molecule has 0 radical (unpaired) electrons. The zero-order valence-corrected chi connectivity index (χ0v) is 11.2. The third-order valence-electron chi connectivity index (χ3n) is 3.83. The maximum atomic E-state index is 4.51. The first kappa shape index (κ1) is 11.5. The SMILES string of the molecule is CC1NCCn2c(-c3cccc4cccnc34)nnc21. The van der Waals surface area contributed by atoms with E-state index < -0.39 is 0 Å². The number of fused-ring (bicyclic) bond motifs is 2. The van der Waals surface area contributed by atoms with Gasteiger partial charge >= 0.3 is 0 Å². The monoisotopic (exact) mass is 265 g/mol. The molecule has 3 heterocycles. The number of hydrogen-bond acceptors (Lipinski definition) is 4. The van der Waals surface area contributed by atoms with Gasteiger partial charge in [0.15, 0.2) is 5.82 Å². The lowest BCUT2D eigenvalue weighted by molar-refractivity contribution is 0.439. The maximum absolute atomic E-state index is 4.51. The Morgan fingerprint density at radius 3 is 3.05 bits per heavy atom. The van der Waals surface area contributed by atoms with Gasteiger partial charge in [-0.1, -0.05) is 18.2 Å². The van der Waals surface area contributed by atoms with Gasteiger partial charge in [0.2, 0.25) is 0 Å². The summed E-state index contributed by atoms with van der Waals surface area (Å²) in [7, 11) is 0. The first-order valence-corrected chi connectivity index (χ1v) is 6.85. The summed E-state index contributed by atoms with van der Waals surface area (Å²) in [5.74, 6) is 1.91. The average Bonchev–Trinajstić information content (AvgIpc) is 2.92. The van der Waals surface area contributed by atoms with E-state index in [9.17, 15) is 0 Å². The van der Waals surface area contributed by atoms with Crippen molar-refractivity contribution in [3.05, 3.63) is 42.4 Å². The van der Waals surface area contributed by atoms with Crippen molar-refractivity contribution in [2.45, 2.75) is 19.5 Å². The molecular formula is C15H15N5. The number of hydrogen-bond donors (Lipinski definition) is 1. The van der Waals surface area contributed by atoms with Gasteiger partial charge in [0.25, 0.3) is 0 Å². The molecular weight excluding hydrogens is 250 g/mol. The number of nitrogens with one attached hydrogen (secondary N) is 1. The Labute approximate surface area is 116 Å². The van der Waals surface area contributed by atoms with Crippen molar-refractivity contribution in [2.75, 3.05) is 6.54 Å². The van der Waals surface area contributed by atoms with Crippen LogP contribution < -0.4 is 5.32 Å². The molecule has 100 valence electrons. The van der Waals surface area contributed by atoms with Gasteiger partial charge < -0.3 is 9.88 Å². The molecule has 2 aromatic heterocycles. The van der Waals surface area contributed by atoms with Crippen LogP contribution in [0.3, 0.4) is 0 Å². The van der Waals surface area contributed by atoms with Gasteiger partial charge in [0.05, 0.1) is 11.6 Å². The summed E-state index contributed by atoms with van der Waals surface area (Å²) in [6, 6.07) is 10.5. The second kappa shape index (κ2) is 4.38. The third-order valence-corrected chi connectivity index (χ3v) is 3.83. The van der Waals surface area contributed by atoms with E-state index in [1.165, 1.54) is 0 Å². The minimum Gasteiger partial charge on any atom is -0.308 e. The van der Waals surface area contributed by atoms with Gasteiger partial charge in [-0.3, -0.25) is 4.98 Å². The normalized spacial score (nSPS) is 18.1. The lowest BCUT2D eigenvalue weighted by Crippen LogP contribution is -2.32. The van der Waals surface area contributed by atoms with Crippen molar-refractivity contribution >= 4 is 10.9 Å². The van der Waals surface area contributed by atoms with Gasteiger partial charge in [-0.15, -0.1) is 10.2 Å². The van der Waals surface area contributed by atoms with Crippen LogP contribution in [-0.4, -0.2) is 26.3 Å². The van der Waals surface area contributed by atoms with E-state index in [4.69, 9.17) is 0 Å². The molecule has 0 amide bonds. The molecule has 1 aromatic carbocycles. The largest absolute Gasteiger partial charge is 0.308 e. The van der Waals surface area contributed by atoms with E-state index in [1.807, 2.05) is 18.3 Å². The molecule has 0 saturated heterocycles. The Balaban J connectivity index is 1.96. The van der Waals surface area contributed by atoms with Gasteiger partial charge in [-0.25, -0.2) is 0 Å². The fourth-order valence-electron chi connectivity index (χ4n) is 2.82. The van der Waals surface area contributed by atoms with Gasteiger partial charge in [0.1, 0.15) is 5.82 Å². The molecule has 0 bridgehead atoms. The Hall–Kier alpha value is -2.27. The summed E-state index contributed by atoms with van der Waals surface area (Å²) in [5, 5.41) is 13.3. The molecule has 1 N–H and O–H groups in total. The molecule has 5 nitrogen and oxygen atoms in total. The second-order valence-electron chi connectivity index (χ2n) is 5.09. The lowest BCUT2D eigenvalue weighted by Gasteiger charge is -2.22. The fourth-order valence-corrected chi connectivity index (χ4v) is 2.82. The first-order chi connectivity index (χ1) is 9.84. The molecule has 0 aliphatic carbocycles. The minimum absolute atomic E-state index is 0.243. The Bertz CT molecular complexity index is 772. The third kappa shape index (κ3) is 1.63. The number of aromatic nitrogens is 4. The van der Waals surface area contributed by atoms with E-state index in [1.54, 1.807) is 0 Å². The Morgan fingerprint density at radius 1 is 1.20 bits per heavy atom. The van der Waals surface area contributed by atoms with Crippen LogP contribution in [0.25, 0.3) is 22.3 Å². The molecule has 0 saturated carbocycles. The van der Waals surface area contributed by atoms with Gasteiger partial charge in [-0.2, -0.15) is 0 Å². The zero-order valence-electron chi connectivity index (χ0n) is 11.2. The van der Waals surface area contributed by atoms with Crippen molar-refractivity contribution < 1.29 is 0 Å². The molecule has 1 aliphatic rings. The molecule has 3 aromatic rings. The van der Waals surface area contributed by atoms with Crippen LogP contribution in [0.5, 0.6) is 0 Å². The van der Waals surface area contributed by atoms with Crippen molar-refractivity contribution in [1.29, 1.82) is 0 Å². The van der Waals surface area contributed by atoms with Crippen LogP contribution >= 0.6 is 0 Å². The highest BCUT2D eigenvalue weighted by molar-refractivity contribution is 5.91. The van der Waals surface area contributed by atoms with Crippen LogP contribution in [0.1, 0.15) is 18.8 Å². The summed E-state index contributed by atoms with van der Waals surface area (Å²) in [4.78, 5) is 4.51. The lowest BCUT2D eigenvalue weighted by atomic mass is 10.1. The predicted molar refractivity (Wildman–Crippen MR) is 77.2 cm³/mol. The summed E-state index contributed by atoms with van der Waals surface area (Å²) in [6.45, 7) is 3.95. The number of benzene rings is 1. The standard InChI is InChI=1S/C15H15N5/c1-10-14-18-19-15(20(14)9-8-16-10)12-6-2-4-11-5-3-7-17-13(11)12/h2-7,10,16H,8-9H2,1H3. The minimum atomic E-state index is 0.243. The summed E-state index contributed by atoms with van der Waals surface area (Å²) < 4.78 is 2.20. The van der Waals surface area contributed by atoms with Crippen LogP contribution in [0.2, 0.25) is 0 Å². The molecule has 1 atom stereocenters. The fraction of sp³-hybridized carbons (Fsp3) is 0.267. The van der Waals surface area contributed by atoms with Crippen molar-refractivity contribution in [3.63, 3.8) is 0 Å².